The van der Waals surface area contributed by atoms with Crippen molar-refractivity contribution in [2.45, 2.75) is 6.42 Å². The molecule has 0 unspecified atom stereocenters. The Morgan fingerprint density at radius 1 is 1.75 bits per heavy atom. The number of hydrogen-bond acceptors (Lipinski definition) is 2. The highest BCUT2D eigenvalue weighted by Crippen LogP contribution is 1.93. The molecule has 0 heterocycles. The first kappa shape index (κ1) is 7.66. The molecule has 0 aromatic rings. The van der Waals surface area contributed by atoms with Crippen molar-refractivity contribution in [2.24, 2.45) is 0 Å². The molecule has 48 valence electrons. The third-order valence-corrected chi connectivity index (χ3v) is 0.883. The zero-order valence-electron chi connectivity index (χ0n) is 5.18. The molecule has 0 aromatic carbocycles. The molecule has 0 radical (unpaired) electrons. The number of rotatable bonds is 4. The van der Waals surface area contributed by atoms with Crippen LogP contribution >= 0.6 is 0 Å². The molecule has 0 bridgehead atoms. The fourth-order valence-electron chi connectivity index (χ4n) is 0.325. The molecule has 2 nitrogen and oxygen atoms in total. The Balaban J connectivity index is 2.99. The molecule has 0 saturated carbocycles. The Labute approximate surface area is 49.8 Å². The van der Waals surface area contributed by atoms with Gasteiger partial charge in [-0.15, -0.1) is 0 Å². The highest BCUT2D eigenvalue weighted by atomic mass is 16.5. The van der Waals surface area contributed by atoms with Crippen LogP contribution in [0.25, 0.3) is 0 Å². The van der Waals surface area contributed by atoms with E-state index in [4.69, 9.17) is 9.84 Å². The normalized spacial score (nSPS) is 9.25. The second-order valence-corrected chi connectivity index (χ2v) is 1.65. The van der Waals surface area contributed by atoms with E-state index < -0.39 is 0 Å². The van der Waals surface area contributed by atoms with E-state index >= 15 is 0 Å². The zero-order valence-corrected chi connectivity index (χ0v) is 5.18. The first-order valence-electron chi connectivity index (χ1n) is 2.57. The molecular formula is C6H12O2. The van der Waals surface area contributed by atoms with E-state index in [1.54, 1.807) is 7.11 Å². The molecule has 0 rings (SSSR count). The summed E-state index contributed by atoms with van der Waals surface area (Å²) < 4.78 is 4.74. The van der Waals surface area contributed by atoms with Crippen LogP contribution in [-0.2, 0) is 4.74 Å². The summed E-state index contributed by atoms with van der Waals surface area (Å²) in [4.78, 5) is 0. The minimum atomic E-state index is 0.0728. The van der Waals surface area contributed by atoms with E-state index in [1.165, 1.54) is 0 Å². The molecule has 8 heavy (non-hydrogen) atoms. The maximum absolute atomic E-state index is 8.41. The fraction of sp³-hybridized carbons (Fsp3) is 0.667. The third kappa shape index (κ3) is 3.84. The quantitative estimate of drug-likeness (QED) is 0.544. The summed E-state index contributed by atoms with van der Waals surface area (Å²) in [7, 11) is 1.63. The Kier molecular flexibility index (Phi) is 4.61. The fourth-order valence-corrected chi connectivity index (χ4v) is 0.325. The van der Waals surface area contributed by atoms with Gasteiger partial charge in [0.15, 0.2) is 0 Å². The summed E-state index contributed by atoms with van der Waals surface area (Å²) in [5.41, 5.74) is 0.826. The van der Waals surface area contributed by atoms with E-state index in [-0.39, 0.29) is 6.61 Å². The second kappa shape index (κ2) is 4.81. The molecule has 0 aromatic heterocycles. The van der Waals surface area contributed by atoms with Crippen LogP contribution in [0.15, 0.2) is 12.2 Å². The van der Waals surface area contributed by atoms with Crippen LogP contribution in [0.2, 0.25) is 0 Å². The Hall–Kier alpha value is -0.340. The van der Waals surface area contributed by atoms with E-state index in [9.17, 15) is 0 Å². The lowest BCUT2D eigenvalue weighted by molar-refractivity contribution is 0.197. The summed E-state index contributed by atoms with van der Waals surface area (Å²) >= 11 is 0. The van der Waals surface area contributed by atoms with E-state index in [1.807, 2.05) is 0 Å². The van der Waals surface area contributed by atoms with Crippen LogP contribution in [-0.4, -0.2) is 25.4 Å². The Bertz CT molecular complexity index is 68.9. The van der Waals surface area contributed by atoms with Crippen molar-refractivity contribution in [1.29, 1.82) is 0 Å². The van der Waals surface area contributed by atoms with Gasteiger partial charge in [0.25, 0.3) is 0 Å². The molecule has 1 N–H and O–H groups in total. The maximum Gasteiger partial charge on any atom is 0.0639 e. The average Bonchev–Trinajstić information content (AvgIpc) is 1.83. The predicted molar refractivity (Wildman–Crippen MR) is 32.7 cm³/mol. The summed E-state index contributed by atoms with van der Waals surface area (Å²) in [5.74, 6) is 0. The van der Waals surface area contributed by atoms with Crippen LogP contribution in [0.5, 0.6) is 0 Å². The van der Waals surface area contributed by atoms with Gasteiger partial charge in [-0.1, -0.05) is 6.58 Å². The molecular weight excluding hydrogens is 104 g/mol. The van der Waals surface area contributed by atoms with Crippen molar-refractivity contribution in [3.05, 3.63) is 12.2 Å². The lowest BCUT2D eigenvalue weighted by atomic mass is 10.2. The maximum atomic E-state index is 8.41. The van der Waals surface area contributed by atoms with Crippen molar-refractivity contribution in [1.82, 2.24) is 0 Å². The molecule has 0 fully saturated rings. The monoisotopic (exact) mass is 116 g/mol. The van der Waals surface area contributed by atoms with E-state index in [2.05, 4.69) is 6.58 Å². The number of hydrogen-bond donors (Lipinski definition) is 1. The third-order valence-electron chi connectivity index (χ3n) is 0.883. The molecule has 0 atom stereocenters. The van der Waals surface area contributed by atoms with Crippen molar-refractivity contribution in [3.63, 3.8) is 0 Å². The van der Waals surface area contributed by atoms with Crippen LogP contribution in [0.1, 0.15) is 6.42 Å². The van der Waals surface area contributed by atoms with Gasteiger partial charge in [0.05, 0.1) is 6.61 Å². The Morgan fingerprint density at radius 3 is 2.75 bits per heavy atom. The van der Waals surface area contributed by atoms with Gasteiger partial charge in [-0.2, -0.15) is 0 Å². The van der Waals surface area contributed by atoms with Gasteiger partial charge in [0.2, 0.25) is 0 Å². The van der Waals surface area contributed by atoms with Gasteiger partial charge in [0, 0.05) is 13.7 Å². The van der Waals surface area contributed by atoms with E-state index in [0.717, 1.165) is 12.0 Å². The number of aliphatic hydroxyl groups is 1. The zero-order chi connectivity index (χ0) is 6.41. The van der Waals surface area contributed by atoms with Crippen LogP contribution < -0.4 is 0 Å². The van der Waals surface area contributed by atoms with Gasteiger partial charge in [0.1, 0.15) is 0 Å². The van der Waals surface area contributed by atoms with Gasteiger partial charge in [-0.25, -0.2) is 0 Å². The van der Waals surface area contributed by atoms with Gasteiger partial charge >= 0.3 is 0 Å². The Morgan fingerprint density at radius 2 is 2.38 bits per heavy atom. The largest absolute Gasteiger partial charge is 0.392 e. The molecule has 0 saturated heterocycles. The predicted octanol–water partition coefficient (Wildman–Crippen LogP) is 0.571. The molecule has 0 aliphatic carbocycles. The highest BCUT2D eigenvalue weighted by Gasteiger charge is 1.88. The molecule has 0 aliphatic rings. The van der Waals surface area contributed by atoms with Gasteiger partial charge in [-0.3, -0.25) is 0 Å². The summed E-state index contributed by atoms with van der Waals surface area (Å²) in [6.07, 6.45) is 0.757. The van der Waals surface area contributed by atoms with Crippen LogP contribution in [0.4, 0.5) is 0 Å². The second-order valence-electron chi connectivity index (χ2n) is 1.65. The van der Waals surface area contributed by atoms with Gasteiger partial charge < -0.3 is 9.84 Å². The van der Waals surface area contributed by atoms with Crippen molar-refractivity contribution < 1.29 is 9.84 Å². The smallest absolute Gasteiger partial charge is 0.0639 e. The minimum Gasteiger partial charge on any atom is -0.392 e. The van der Waals surface area contributed by atoms with Crippen molar-refractivity contribution in [3.8, 4) is 0 Å². The van der Waals surface area contributed by atoms with Crippen molar-refractivity contribution >= 4 is 0 Å². The highest BCUT2D eigenvalue weighted by molar-refractivity contribution is 4.92. The number of methoxy groups -OCH3 is 1. The van der Waals surface area contributed by atoms with Gasteiger partial charge in [-0.05, 0) is 12.0 Å². The molecule has 0 spiro atoms. The topological polar surface area (TPSA) is 29.5 Å². The summed E-state index contributed by atoms with van der Waals surface area (Å²) in [5, 5.41) is 8.41. The molecule has 2 heteroatoms. The summed E-state index contributed by atoms with van der Waals surface area (Å²) in [6, 6.07) is 0. The van der Waals surface area contributed by atoms with Crippen LogP contribution in [0, 0.1) is 0 Å². The molecule has 0 aliphatic heterocycles. The van der Waals surface area contributed by atoms with E-state index in [0.29, 0.717) is 6.61 Å². The first-order valence-corrected chi connectivity index (χ1v) is 2.57. The van der Waals surface area contributed by atoms with Crippen LogP contribution in [0.3, 0.4) is 0 Å². The standard InChI is InChI=1S/C6H12O2/c1-6(5-7)3-4-8-2/h7H,1,3-5H2,2H3. The molecule has 0 amide bonds. The lowest BCUT2D eigenvalue weighted by Gasteiger charge is -1.97. The average molecular weight is 116 g/mol. The number of aliphatic hydroxyl groups excluding tert-OH is 1. The number of ether oxygens (including phenoxy) is 1. The first-order chi connectivity index (χ1) is 3.81. The lowest BCUT2D eigenvalue weighted by Crippen LogP contribution is -1.94. The van der Waals surface area contributed by atoms with Crippen molar-refractivity contribution in [2.75, 3.05) is 20.3 Å². The minimum absolute atomic E-state index is 0.0728. The summed E-state index contributed by atoms with van der Waals surface area (Å²) in [6.45, 7) is 4.31. The SMILES string of the molecule is C=C(CO)CCOC.